The molecule has 3 N–H and O–H groups in total. The molecule has 1 fully saturated rings. The number of H-pyrrole nitrogens is 1. The number of anilines is 2. The highest BCUT2D eigenvalue weighted by Crippen LogP contribution is 2.20. The zero-order valence-electron chi connectivity index (χ0n) is 18.4. The molecule has 4 rings (SSSR count). The van der Waals surface area contributed by atoms with E-state index >= 15 is 0 Å². The van der Waals surface area contributed by atoms with E-state index < -0.39 is 0 Å². The Morgan fingerprint density at radius 3 is 2.56 bits per heavy atom. The molecule has 7 heteroatoms. The number of aryl methyl sites for hydroxylation is 2. The largest absolute Gasteiger partial charge is 0.351 e. The standard InChI is InChI=1S/C25H29N5O2/c1-18-4-7-20(14-23(18)29-24(31)11-10-22-15-26-17-27-22)25(32)28-21-8-5-19(6-9-21)16-30-12-2-3-13-30/h4-9,14-15,17H,2-3,10-13,16H2,1H3,(H,26,27)(H,28,32)(H,29,31). The second-order valence-electron chi connectivity index (χ2n) is 8.27. The molecule has 2 aromatic carbocycles. The van der Waals surface area contributed by atoms with Gasteiger partial charge in [0.2, 0.25) is 5.91 Å². The predicted molar refractivity (Wildman–Crippen MR) is 126 cm³/mol. The van der Waals surface area contributed by atoms with E-state index in [2.05, 4.69) is 37.6 Å². The van der Waals surface area contributed by atoms with Crippen molar-refractivity contribution in [2.75, 3.05) is 23.7 Å². The number of amides is 2. The normalized spacial score (nSPS) is 13.8. The molecule has 0 radical (unpaired) electrons. The molecule has 0 unspecified atom stereocenters. The fourth-order valence-corrected chi connectivity index (χ4v) is 3.88. The van der Waals surface area contributed by atoms with Crippen molar-refractivity contribution < 1.29 is 9.59 Å². The Labute approximate surface area is 188 Å². The van der Waals surface area contributed by atoms with E-state index in [1.165, 1.54) is 18.4 Å². The van der Waals surface area contributed by atoms with Gasteiger partial charge in [-0.15, -0.1) is 0 Å². The second-order valence-corrected chi connectivity index (χ2v) is 8.27. The molecule has 0 spiro atoms. The van der Waals surface area contributed by atoms with Gasteiger partial charge in [-0.25, -0.2) is 4.98 Å². The van der Waals surface area contributed by atoms with Gasteiger partial charge in [0, 0.05) is 36.1 Å². The van der Waals surface area contributed by atoms with Crippen LogP contribution in [0.2, 0.25) is 0 Å². The number of carbonyl (C=O) groups excluding carboxylic acids is 2. The Morgan fingerprint density at radius 1 is 1.06 bits per heavy atom. The first-order valence-electron chi connectivity index (χ1n) is 11.1. The van der Waals surface area contributed by atoms with Crippen molar-refractivity contribution in [1.82, 2.24) is 14.9 Å². The SMILES string of the molecule is Cc1ccc(C(=O)Nc2ccc(CN3CCCC3)cc2)cc1NC(=O)CCc1c[nH]cn1. The van der Waals surface area contributed by atoms with Crippen LogP contribution in [0.4, 0.5) is 11.4 Å². The molecule has 0 bridgehead atoms. The van der Waals surface area contributed by atoms with Crippen molar-refractivity contribution in [2.24, 2.45) is 0 Å². The van der Waals surface area contributed by atoms with Crippen LogP contribution >= 0.6 is 0 Å². The fourth-order valence-electron chi connectivity index (χ4n) is 3.88. The molecule has 166 valence electrons. The molecular weight excluding hydrogens is 402 g/mol. The average Bonchev–Trinajstić information content (AvgIpc) is 3.49. The summed E-state index contributed by atoms with van der Waals surface area (Å²) in [6.07, 6.45) is 6.81. The number of hydrogen-bond acceptors (Lipinski definition) is 4. The van der Waals surface area contributed by atoms with Crippen LogP contribution in [-0.2, 0) is 17.8 Å². The number of likely N-dealkylation sites (tertiary alicyclic amines) is 1. The molecule has 0 saturated carbocycles. The minimum absolute atomic E-state index is 0.109. The monoisotopic (exact) mass is 431 g/mol. The summed E-state index contributed by atoms with van der Waals surface area (Å²) < 4.78 is 0. The molecule has 2 heterocycles. The van der Waals surface area contributed by atoms with Crippen LogP contribution in [0.5, 0.6) is 0 Å². The molecular formula is C25H29N5O2. The van der Waals surface area contributed by atoms with Gasteiger partial charge in [-0.05, 0) is 74.7 Å². The maximum absolute atomic E-state index is 12.8. The zero-order valence-corrected chi connectivity index (χ0v) is 18.4. The summed E-state index contributed by atoms with van der Waals surface area (Å²) >= 11 is 0. The number of nitrogens with one attached hydrogen (secondary N) is 3. The molecule has 7 nitrogen and oxygen atoms in total. The van der Waals surface area contributed by atoms with E-state index in [0.29, 0.717) is 24.1 Å². The summed E-state index contributed by atoms with van der Waals surface area (Å²) in [5, 5.41) is 5.86. The maximum Gasteiger partial charge on any atom is 0.255 e. The Kier molecular flexibility index (Phi) is 6.97. The second kappa shape index (κ2) is 10.2. The summed E-state index contributed by atoms with van der Waals surface area (Å²) in [6.45, 7) is 5.18. The van der Waals surface area contributed by atoms with Crippen LogP contribution in [-0.4, -0.2) is 39.8 Å². The number of benzene rings is 2. The van der Waals surface area contributed by atoms with Crippen LogP contribution in [0.25, 0.3) is 0 Å². The lowest BCUT2D eigenvalue weighted by molar-refractivity contribution is -0.116. The van der Waals surface area contributed by atoms with Gasteiger partial charge >= 0.3 is 0 Å². The van der Waals surface area contributed by atoms with Gasteiger partial charge in [-0.3, -0.25) is 14.5 Å². The molecule has 1 aromatic heterocycles. The highest BCUT2D eigenvalue weighted by Gasteiger charge is 2.13. The first-order valence-corrected chi connectivity index (χ1v) is 11.1. The molecule has 0 aliphatic carbocycles. The predicted octanol–water partition coefficient (Wildman–Crippen LogP) is 4.14. The van der Waals surface area contributed by atoms with Crippen LogP contribution in [0, 0.1) is 6.92 Å². The number of carbonyl (C=O) groups is 2. The van der Waals surface area contributed by atoms with Crippen LogP contribution < -0.4 is 10.6 Å². The molecule has 2 amide bonds. The van der Waals surface area contributed by atoms with E-state index in [0.717, 1.165) is 36.6 Å². The highest BCUT2D eigenvalue weighted by atomic mass is 16.2. The van der Waals surface area contributed by atoms with Crippen molar-refractivity contribution in [2.45, 2.75) is 39.2 Å². The van der Waals surface area contributed by atoms with Crippen molar-refractivity contribution in [3.63, 3.8) is 0 Å². The van der Waals surface area contributed by atoms with Crippen molar-refractivity contribution in [1.29, 1.82) is 0 Å². The van der Waals surface area contributed by atoms with Gasteiger partial charge in [0.1, 0.15) is 0 Å². The van der Waals surface area contributed by atoms with E-state index in [-0.39, 0.29) is 11.8 Å². The third kappa shape index (κ3) is 5.82. The number of rotatable bonds is 8. The first kappa shape index (κ1) is 21.8. The molecule has 1 saturated heterocycles. The summed E-state index contributed by atoms with van der Waals surface area (Å²) in [4.78, 5) is 34.6. The van der Waals surface area contributed by atoms with Gasteiger partial charge in [-0.2, -0.15) is 0 Å². The smallest absolute Gasteiger partial charge is 0.255 e. The van der Waals surface area contributed by atoms with Crippen molar-refractivity contribution >= 4 is 23.2 Å². The van der Waals surface area contributed by atoms with E-state index in [4.69, 9.17) is 0 Å². The van der Waals surface area contributed by atoms with Crippen molar-refractivity contribution in [3.8, 4) is 0 Å². The molecule has 32 heavy (non-hydrogen) atoms. The minimum Gasteiger partial charge on any atom is -0.351 e. The van der Waals surface area contributed by atoms with Gasteiger partial charge < -0.3 is 15.6 Å². The summed E-state index contributed by atoms with van der Waals surface area (Å²) in [7, 11) is 0. The van der Waals surface area contributed by atoms with Crippen LogP contribution in [0.15, 0.2) is 55.0 Å². The summed E-state index contributed by atoms with van der Waals surface area (Å²) in [5.41, 5.74) is 4.90. The lowest BCUT2D eigenvalue weighted by atomic mass is 10.1. The molecule has 1 aliphatic heterocycles. The van der Waals surface area contributed by atoms with Crippen molar-refractivity contribution in [3.05, 3.63) is 77.4 Å². The molecule has 3 aromatic rings. The summed E-state index contributed by atoms with van der Waals surface area (Å²) in [6, 6.07) is 13.3. The Balaban J connectivity index is 1.34. The quantitative estimate of drug-likeness (QED) is 0.500. The van der Waals surface area contributed by atoms with Crippen LogP contribution in [0.1, 0.15) is 46.4 Å². The summed E-state index contributed by atoms with van der Waals surface area (Å²) in [5.74, 6) is -0.313. The van der Waals surface area contributed by atoms with Gasteiger partial charge in [0.05, 0.1) is 12.0 Å². The lowest BCUT2D eigenvalue weighted by Gasteiger charge is -2.15. The van der Waals surface area contributed by atoms with E-state index in [1.54, 1.807) is 24.7 Å². The number of aromatic nitrogens is 2. The van der Waals surface area contributed by atoms with E-state index in [9.17, 15) is 9.59 Å². The Hall–Kier alpha value is -3.45. The van der Waals surface area contributed by atoms with Gasteiger partial charge in [0.15, 0.2) is 0 Å². The molecule has 1 aliphatic rings. The highest BCUT2D eigenvalue weighted by molar-refractivity contribution is 6.05. The zero-order chi connectivity index (χ0) is 22.3. The first-order chi connectivity index (χ1) is 15.6. The van der Waals surface area contributed by atoms with Gasteiger partial charge in [-0.1, -0.05) is 18.2 Å². The van der Waals surface area contributed by atoms with E-state index in [1.807, 2.05) is 25.1 Å². The third-order valence-corrected chi connectivity index (χ3v) is 5.75. The number of aromatic amines is 1. The average molecular weight is 432 g/mol. The minimum atomic E-state index is -0.204. The number of nitrogens with zero attached hydrogens (tertiary/aromatic N) is 2. The molecule has 0 atom stereocenters. The third-order valence-electron chi connectivity index (χ3n) is 5.75. The Morgan fingerprint density at radius 2 is 1.84 bits per heavy atom. The van der Waals surface area contributed by atoms with Crippen LogP contribution in [0.3, 0.4) is 0 Å². The number of hydrogen-bond donors (Lipinski definition) is 3. The maximum atomic E-state index is 12.8. The lowest BCUT2D eigenvalue weighted by Crippen LogP contribution is -2.18. The topological polar surface area (TPSA) is 90.1 Å². The fraction of sp³-hybridized carbons (Fsp3) is 0.320. The Bertz CT molecular complexity index is 1050. The van der Waals surface area contributed by atoms with Gasteiger partial charge in [0.25, 0.3) is 5.91 Å². The number of imidazole rings is 1.